The van der Waals surface area contributed by atoms with Crippen LogP contribution in [0.4, 0.5) is 5.82 Å². The van der Waals surface area contributed by atoms with Gasteiger partial charge >= 0.3 is 0 Å². The predicted octanol–water partition coefficient (Wildman–Crippen LogP) is 3.72. The van der Waals surface area contributed by atoms with Crippen molar-refractivity contribution in [3.63, 3.8) is 0 Å². The summed E-state index contributed by atoms with van der Waals surface area (Å²) >= 11 is 6.13. The molecule has 112 valence electrons. The number of amides is 1. The molecule has 1 aromatic heterocycles. The summed E-state index contributed by atoms with van der Waals surface area (Å²) in [5.41, 5.74) is 0.489. The number of hydrogen-bond acceptors (Lipinski definition) is 3. The number of nitrogens with one attached hydrogen (secondary N) is 2. The second-order valence-electron chi connectivity index (χ2n) is 6.04. The second-order valence-corrected chi connectivity index (χ2v) is 6.45. The zero-order valence-electron chi connectivity index (χ0n) is 12.9. The molecule has 1 atom stereocenters. The summed E-state index contributed by atoms with van der Waals surface area (Å²) in [4.78, 5) is 16.4. The highest BCUT2D eigenvalue weighted by Crippen LogP contribution is 2.22. The number of aromatic nitrogens is 1. The Kier molecular flexibility index (Phi) is 5.81. The van der Waals surface area contributed by atoms with Crippen LogP contribution in [0.15, 0.2) is 12.3 Å². The molecular formula is C15H24ClN3O. The maximum Gasteiger partial charge on any atom is 0.253 e. The van der Waals surface area contributed by atoms with Gasteiger partial charge in [-0.15, -0.1) is 0 Å². The van der Waals surface area contributed by atoms with Crippen molar-refractivity contribution in [3.05, 3.63) is 22.8 Å². The van der Waals surface area contributed by atoms with E-state index in [0.29, 0.717) is 16.4 Å². The van der Waals surface area contributed by atoms with Gasteiger partial charge in [-0.2, -0.15) is 0 Å². The molecule has 0 aliphatic rings. The quantitative estimate of drug-likeness (QED) is 0.871. The van der Waals surface area contributed by atoms with Crippen molar-refractivity contribution in [2.75, 3.05) is 11.9 Å². The van der Waals surface area contributed by atoms with E-state index in [1.807, 2.05) is 6.92 Å². The number of rotatable bonds is 5. The van der Waals surface area contributed by atoms with E-state index in [1.165, 1.54) is 0 Å². The topological polar surface area (TPSA) is 54.0 Å². The Morgan fingerprint density at radius 2 is 2.10 bits per heavy atom. The highest BCUT2D eigenvalue weighted by molar-refractivity contribution is 6.33. The van der Waals surface area contributed by atoms with Gasteiger partial charge in [-0.1, -0.05) is 39.3 Å². The fourth-order valence-electron chi connectivity index (χ4n) is 1.43. The van der Waals surface area contributed by atoms with Crippen LogP contribution in [0, 0.1) is 5.41 Å². The Morgan fingerprint density at radius 1 is 1.45 bits per heavy atom. The Balaban J connectivity index is 2.77. The molecule has 0 saturated heterocycles. The summed E-state index contributed by atoms with van der Waals surface area (Å²) in [7, 11) is 0. The molecule has 1 aromatic rings. The minimum atomic E-state index is -0.149. The molecule has 1 heterocycles. The molecule has 4 nitrogen and oxygen atoms in total. The van der Waals surface area contributed by atoms with Crippen LogP contribution in [0.2, 0.25) is 5.02 Å². The molecule has 2 N–H and O–H groups in total. The van der Waals surface area contributed by atoms with Gasteiger partial charge in [0, 0.05) is 18.8 Å². The summed E-state index contributed by atoms with van der Waals surface area (Å²) < 4.78 is 0. The molecule has 1 unspecified atom stereocenters. The summed E-state index contributed by atoms with van der Waals surface area (Å²) in [5.74, 6) is 0.470. The van der Waals surface area contributed by atoms with Crippen LogP contribution >= 0.6 is 11.6 Å². The Labute approximate surface area is 126 Å². The Morgan fingerprint density at radius 3 is 2.60 bits per heavy atom. The predicted molar refractivity (Wildman–Crippen MR) is 84.4 cm³/mol. The lowest BCUT2D eigenvalue weighted by molar-refractivity contribution is 0.0910. The largest absolute Gasteiger partial charge is 0.369 e. The standard InChI is InChI=1S/C15H24ClN3O/c1-6-7-17-13-12(16)8-11(9-18-13)14(20)19-10(2)15(3,4)5/h8-10H,6-7H2,1-5H3,(H,17,18)(H,19,20). The number of carbonyl (C=O) groups is 1. The Bertz CT molecular complexity index is 469. The minimum absolute atomic E-state index is 0.00943. The van der Waals surface area contributed by atoms with Crippen molar-refractivity contribution in [3.8, 4) is 0 Å². The van der Waals surface area contributed by atoms with Gasteiger partial charge in [-0.3, -0.25) is 4.79 Å². The van der Waals surface area contributed by atoms with E-state index in [0.717, 1.165) is 13.0 Å². The molecule has 5 heteroatoms. The highest BCUT2D eigenvalue weighted by atomic mass is 35.5. The Hall–Kier alpha value is -1.29. The summed E-state index contributed by atoms with van der Waals surface area (Å²) in [6.45, 7) is 11.1. The minimum Gasteiger partial charge on any atom is -0.369 e. The average molecular weight is 298 g/mol. The van der Waals surface area contributed by atoms with E-state index < -0.39 is 0 Å². The van der Waals surface area contributed by atoms with Gasteiger partial charge in [-0.25, -0.2) is 4.98 Å². The second kappa shape index (κ2) is 6.93. The fraction of sp³-hybridized carbons (Fsp3) is 0.600. The molecule has 0 radical (unpaired) electrons. The molecule has 0 saturated carbocycles. The van der Waals surface area contributed by atoms with Gasteiger partial charge in [0.05, 0.1) is 10.6 Å². The summed E-state index contributed by atoms with van der Waals surface area (Å²) in [6, 6.07) is 1.71. The monoisotopic (exact) mass is 297 g/mol. The lowest BCUT2D eigenvalue weighted by Gasteiger charge is -2.28. The van der Waals surface area contributed by atoms with E-state index >= 15 is 0 Å². The number of halogens is 1. The third kappa shape index (κ3) is 4.67. The molecule has 0 aromatic carbocycles. The number of nitrogens with zero attached hydrogens (tertiary/aromatic N) is 1. The zero-order valence-corrected chi connectivity index (χ0v) is 13.6. The number of hydrogen-bond donors (Lipinski definition) is 2. The van der Waals surface area contributed by atoms with Crippen LogP contribution < -0.4 is 10.6 Å². The molecule has 20 heavy (non-hydrogen) atoms. The van der Waals surface area contributed by atoms with Crippen LogP contribution in [0.1, 0.15) is 51.4 Å². The van der Waals surface area contributed by atoms with E-state index in [1.54, 1.807) is 12.3 Å². The van der Waals surface area contributed by atoms with E-state index in [-0.39, 0.29) is 17.4 Å². The lowest BCUT2D eigenvalue weighted by atomic mass is 9.88. The zero-order chi connectivity index (χ0) is 15.3. The first kappa shape index (κ1) is 16.8. The molecule has 0 aliphatic heterocycles. The highest BCUT2D eigenvalue weighted by Gasteiger charge is 2.22. The molecule has 0 spiro atoms. The van der Waals surface area contributed by atoms with Gasteiger partial charge in [-0.05, 0) is 24.8 Å². The first-order valence-electron chi connectivity index (χ1n) is 6.96. The molecule has 1 amide bonds. The summed E-state index contributed by atoms with van der Waals surface area (Å²) in [5, 5.41) is 6.55. The van der Waals surface area contributed by atoms with Crippen LogP contribution in [0.25, 0.3) is 0 Å². The SMILES string of the molecule is CCCNc1ncc(C(=O)NC(C)C(C)(C)C)cc1Cl. The van der Waals surface area contributed by atoms with Gasteiger partial charge < -0.3 is 10.6 Å². The molecule has 1 rings (SSSR count). The third-order valence-electron chi connectivity index (χ3n) is 3.29. The van der Waals surface area contributed by atoms with Gasteiger partial charge in [0.25, 0.3) is 5.91 Å². The molecule has 0 fully saturated rings. The van der Waals surface area contributed by atoms with Crippen LogP contribution in [-0.2, 0) is 0 Å². The molecular weight excluding hydrogens is 274 g/mol. The molecule has 0 aliphatic carbocycles. The van der Waals surface area contributed by atoms with Gasteiger partial charge in [0.1, 0.15) is 5.82 Å². The van der Waals surface area contributed by atoms with Crippen molar-refractivity contribution < 1.29 is 4.79 Å². The van der Waals surface area contributed by atoms with Crippen molar-refractivity contribution >= 4 is 23.3 Å². The van der Waals surface area contributed by atoms with E-state index in [9.17, 15) is 4.79 Å². The van der Waals surface area contributed by atoms with E-state index in [4.69, 9.17) is 11.6 Å². The maximum atomic E-state index is 12.1. The van der Waals surface area contributed by atoms with Crippen LogP contribution in [-0.4, -0.2) is 23.5 Å². The van der Waals surface area contributed by atoms with Crippen molar-refractivity contribution in [2.24, 2.45) is 5.41 Å². The number of pyridine rings is 1. The maximum absolute atomic E-state index is 12.1. The van der Waals surface area contributed by atoms with Crippen molar-refractivity contribution in [2.45, 2.75) is 47.1 Å². The van der Waals surface area contributed by atoms with Gasteiger partial charge in [0.15, 0.2) is 0 Å². The fourth-order valence-corrected chi connectivity index (χ4v) is 1.67. The molecule has 0 bridgehead atoms. The first-order chi connectivity index (χ1) is 9.25. The number of anilines is 1. The van der Waals surface area contributed by atoms with E-state index in [2.05, 4.69) is 43.3 Å². The normalized spacial score (nSPS) is 12.9. The lowest BCUT2D eigenvalue weighted by Crippen LogP contribution is -2.41. The third-order valence-corrected chi connectivity index (χ3v) is 3.58. The first-order valence-corrected chi connectivity index (χ1v) is 7.33. The van der Waals surface area contributed by atoms with Crippen LogP contribution in [0.3, 0.4) is 0 Å². The van der Waals surface area contributed by atoms with Crippen molar-refractivity contribution in [1.29, 1.82) is 0 Å². The van der Waals surface area contributed by atoms with Gasteiger partial charge in [0.2, 0.25) is 0 Å². The van der Waals surface area contributed by atoms with Crippen LogP contribution in [0.5, 0.6) is 0 Å². The summed E-state index contributed by atoms with van der Waals surface area (Å²) in [6.07, 6.45) is 2.54. The average Bonchev–Trinajstić information content (AvgIpc) is 2.36. The number of carbonyl (C=O) groups excluding carboxylic acids is 1. The van der Waals surface area contributed by atoms with Crippen molar-refractivity contribution in [1.82, 2.24) is 10.3 Å². The smallest absolute Gasteiger partial charge is 0.253 e.